The second-order valence-corrected chi connectivity index (χ2v) is 3.31. The van der Waals surface area contributed by atoms with Gasteiger partial charge < -0.3 is 5.73 Å². The number of benzene rings is 1. The summed E-state index contributed by atoms with van der Waals surface area (Å²) in [4.78, 5) is 0. The number of hydrogen-bond acceptors (Lipinski definition) is 2. The minimum Gasteiger partial charge on any atom is -0.399 e. The molecule has 0 aliphatic carbocycles. The molecule has 0 aliphatic rings. The van der Waals surface area contributed by atoms with Crippen LogP contribution in [-0.2, 0) is 13.2 Å². The van der Waals surface area contributed by atoms with E-state index < -0.39 is 11.7 Å². The van der Waals surface area contributed by atoms with Crippen molar-refractivity contribution in [2.24, 2.45) is 7.05 Å². The minimum absolute atomic E-state index is 0. The van der Waals surface area contributed by atoms with Gasteiger partial charge in [0.2, 0.25) is 0 Å². The highest BCUT2D eigenvalue weighted by Crippen LogP contribution is 2.35. The van der Waals surface area contributed by atoms with Gasteiger partial charge in [-0.2, -0.15) is 18.3 Å². The summed E-state index contributed by atoms with van der Waals surface area (Å²) in [7, 11) is 1.57. The number of aromatic nitrogens is 2. The van der Waals surface area contributed by atoms with Crippen LogP contribution in [0.4, 0.5) is 18.9 Å². The van der Waals surface area contributed by atoms with E-state index in [0.29, 0.717) is 5.39 Å². The van der Waals surface area contributed by atoms with Gasteiger partial charge in [-0.25, -0.2) is 0 Å². The van der Waals surface area contributed by atoms with E-state index in [1.165, 1.54) is 16.9 Å². The quantitative estimate of drug-likeness (QED) is 0.732. The Hall–Kier alpha value is -1.43. The highest BCUT2D eigenvalue weighted by atomic mass is 35.5. The number of halogens is 4. The van der Waals surface area contributed by atoms with Crippen LogP contribution < -0.4 is 5.73 Å². The van der Waals surface area contributed by atoms with Crippen LogP contribution in [-0.4, -0.2) is 9.78 Å². The number of nitrogens with zero attached hydrogens (tertiary/aromatic N) is 2. The van der Waals surface area contributed by atoms with Crippen LogP contribution in [0, 0.1) is 0 Å². The Balaban J connectivity index is 0.00000128. The van der Waals surface area contributed by atoms with Gasteiger partial charge in [-0.1, -0.05) is 0 Å². The average Bonchev–Trinajstić information content (AvgIpc) is 2.41. The third-order valence-electron chi connectivity index (χ3n) is 2.05. The van der Waals surface area contributed by atoms with Crippen LogP contribution in [0.3, 0.4) is 0 Å². The van der Waals surface area contributed by atoms with Gasteiger partial charge in [0.25, 0.3) is 0 Å². The summed E-state index contributed by atoms with van der Waals surface area (Å²) in [6, 6.07) is 2.37. The first-order valence-electron chi connectivity index (χ1n) is 4.18. The average molecular weight is 252 g/mol. The summed E-state index contributed by atoms with van der Waals surface area (Å²) in [5, 5.41) is 4.16. The molecule has 0 saturated heterocycles. The third kappa shape index (κ3) is 2.06. The summed E-state index contributed by atoms with van der Waals surface area (Å²) < 4.78 is 39.1. The number of anilines is 1. The summed E-state index contributed by atoms with van der Waals surface area (Å²) in [6.45, 7) is 0. The van der Waals surface area contributed by atoms with Gasteiger partial charge in [-0.05, 0) is 12.1 Å². The molecule has 0 atom stereocenters. The fraction of sp³-hybridized carbons (Fsp3) is 0.222. The van der Waals surface area contributed by atoms with E-state index in [4.69, 9.17) is 5.73 Å². The van der Waals surface area contributed by atoms with Crippen LogP contribution in [0.1, 0.15) is 5.56 Å². The second-order valence-electron chi connectivity index (χ2n) is 3.31. The first-order chi connectivity index (χ1) is 6.88. The lowest BCUT2D eigenvalue weighted by Gasteiger charge is -2.07. The summed E-state index contributed by atoms with van der Waals surface area (Å²) in [5.41, 5.74) is 4.62. The van der Waals surface area contributed by atoms with Crippen LogP contribution in [0.25, 0.3) is 10.9 Å². The lowest BCUT2D eigenvalue weighted by Crippen LogP contribution is -2.07. The Labute approximate surface area is 95.4 Å². The zero-order chi connectivity index (χ0) is 11.2. The molecule has 0 aliphatic heterocycles. The molecule has 0 bridgehead atoms. The van der Waals surface area contributed by atoms with Gasteiger partial charge in [-0.3, -0.25) is 4.68 Å². The van der Waals surface area contributed by atoms with Gasteiger partial charge in [0.1, 0.15) is 5.52 Å². The first-order valence-corrected chi connectivity index (χ1v) is 4.18. The molecule has 2 rings (SSSR count). The Morgan fingerprint density at radius 1 is 1.31 bits per heavy atom. The zero-order valence-corrected chi connectivity index (χ0v) is 9.06. The summed E-state index contributed by atoms with van der Waals surface area (Å²) in [6.07, 6.45) is -2.93. The van der Waals surface area contributed by atoms with E-state index in [-0.39, 0.29) is 23.6 Å². The number of hydrogen-bond donors (Lipinski definition) is 1. The maximum absolute atomic E-state index is 12.6. The van der Waals surface area contributed by atoms with Crippen LogP contribution in [0.5, 0.6) is 0 Å². The predicted molar refractivity (Wildman–Crippen MR) is 57.4 cm³/mol. The number of alkyl halides is 3. The molecule has 16 heavy (non-hydrogen) atoms. The van der Waals surface area contributed by atoms with Crippen molar-refractivity contribution < 1.29 is 13.2 Å². The van der Waals surface area contributed by atoms with E-state index in [9.17, 15) is 13.2 Å². The monoisotopic (exact) mass is 251 g/mol. The van der Waals surface area contributed by atoms with Crippen LogP contribution in [0.2, 0.25) is 0 Å². The van der Waals surface area contributed by atoms with Crippen molar-refractivity contribution in [2.75, 3.05) is 5.73 Å². The van der Waals surface area contributed by atoms with Gasteiger partial charge in [0.05, 0.1) is 5.56 Å². The van der Waals surface area contributed by atoms with Crippen molar-refractivity contribution in [1.29, 1.82) is 0 Å². The topological polar surface area (TPSA) is 43.8 Å². The smallest absolute Gasteiger partial charge is 0.399 e. The molecule has 1 aromatic carbocycles. The fourth-order valence-electron chi connectivity index (χ4n) is 1.49. The Morgan fingerprint density at radius 2 is 1.94 bits per heavy atom. The molecule has 0 unspecified atom stereocenters. The summed E-state index contributed by atoms with van der Waals surface area (Å²) in [5.74, 6) is 0. The van der Waals surface area contributed by atoms with Crippen molar-refractivity contribution in [3.63, 3.8) is 0 Å². The van der Waals surface area contributed by atoms with E-state index in [2.05, 4.69) is 5.10 Å². The number of aryl methyl sites for hydroxylation is 1. The van der Waals surface area contributed by atoms with E-state index in [1.54, 1.807) is 7.05 Å². The highest BCUT2D eigenvalue weighted by molar-refractivity contribution is 5.85. The SMILES string of the molecule is Cl.Cn1cc2cc(N)cc(C(F)(F)F)c2n1. The lowest BCUT2D eigenvalue weighted by molar-refractivity contribution is -0.136. The molecule has 88 valence electrons. The highest BCUT2D eigenvalue weighted by Gasteiger charge is 2.34. The van der Waals surface area contributed by atoms with E-state index in [0.717, 1.165) is 6.07 Å². The van der Waals surface area contributed by atoms with Gasteiger partial charge >= 0.3 is 6.18 Å². The standard InChI is InChI=1S/C9H8F3N3.ClH/c1-15-4-5-2-6(13)3-7(8(5)14-15)9(10,11)12;/h2-4H,13H2,1H3;1H. The third-order valence-corrected chi connectivity index (χ3v) is 2.05. The molecular formula is C9H9ClF3N3. The minimum atomic E-state index is -4.43. The molecule has 0 amide bonds. The Bertz CT molecular complexity index is 518. The van der Waals surface area contributed by atoms with Crippen molar-refractivity contribution >= 4 is 29.0 Å². The van der Waals surface area contributed by atoms with Gasteiger partial charge in [-0.15, -0.1) is 12.4 Å². The molecule has 2 N–H and O–H groups in total. The molecule has 0 saturated carbocycles. The van der Waals surface area contributed by atoms with Crippen LogP contribution in [0.15, 0.2) is 18.3 Å². The van der Waals surface area contributed by atoms with Crippen molar-refractivity contribution in [1.82, 2.24) is 9.78 Å². The van der Waals surface area contributed by atoms with Gasteiger partial charge in [0.15, 0.2) is 0 Å². The van der Waals surface area contributed by atoms with Crippen molar-refractivity contribution in [3.05, 3.63) is 23.9 Å². The number of nitrogens with two attached hydrogens (primary N) is 1. The van der Waals surface area contributed by atoms with Crippen LogP contribution >= 0.6 is 12.4 Å². The summed E-state index contributed by atoms with van der Waals surface area (Å²) >= 11 is 0. The Morgan fingerprint density at radius 3 is 2.50 bits per heavy atom. The van der Waals surface area contributed by atoms with E-state index in [1.807, 2.05) is 0 Å². The first kappa shape index (κ1) is 12.6. The molecule has 2 aromatic rings. The van der Waals surface area contributed by atoms with E-state index >= 15 is 0 Å². The molecule has 0 spiro atoms. The molecule has 0 radical (unpaired) electrons. The van der Waals surface area contributed by atoms with Gasteiger partial charge in [0, 0.05) is 24.3 Å². The maximum Gasteiger partial charge on any atom is 0.418 e. The number of nitrogen functional groups attached to an aromatic ring is 1. The molecular weight excluding hydrogens is 243 g/mol. The molecule has 0 fully saturated rings. The normalized spacial score (nSPS) is 11.5. The number of rotatable bonds is 0. The largest absolute Gasteiger partial charge is 0.418 e. The molecule has 3 nitrogen and oxygen atoms in total. The fourth-order valence-corrected chi connectivity index (χ4v) is 1.49. The Kier molecular flexibility index (Phi) is 3.05. The van der Waals surface area contributed by atoms with Crippen molar-refractivity contribution in [3.8, 4) is 0 Å². The molecule has 1 aromatic heterocycles. The lowest BCUT2D eigenvalue weighted by atomic mass is 10.1. The second kappa shape index (κ2) is 3.86. The number of fused-ring (bicyclic) bond motifs is 1. The maximum atomic E-state index is 12.6. The zero-order valence-electron chi connectivity index (χ0n) is 8.25. The molecule has 1 heterocycles. The molecule has 7 heteroatoms. The van der Waals surface area contributed by atoms with Crippen molar-refractivity contribution in [2.45, 2.75) is 6.18 Å². The predicted octanol–water partition coefficient (Wildman–Crippen LogP) is 2.60.